The highest BCUT2D eigenvalue weighted by molar-refractivity contribution is 8.00. The van der Waals surface area contributed by atoms with Gasteiger partial charge in [0.1, 0.15) is 0 Å². The third kappa shape index (κ3) is 5.76. The molecule has 0 saturated carbocycles. The molecular weight excluding hydrogens is 450 g/mol. The minimum absolute atomic E-state index is 0.149. The number of esters is 1. The molecule has 0 aliphatic heterocycles. The van der Waals surface area contributed by atoms with Crippen LogP contribution in [0.25, 0.3) is 10.9 Å². The molecule has 170 valence electrons. The van der Waals surface area contributed by atoms with E-state index in [1.54, 1.807) is 42.1 Å². The lowest BCUT2D eigenvalue weighted by molar-refractivity contribution is -0.120. The van der Waals surface area contributed by atoms with Crippen LogP contribution in [-0.4, -0.2) is 47.5 Å². The van der Waals surface area contributed by atoms with Crippen LogP contribution in [0.4, 0.5) is 0 Å². The second kappa shape index (κ2) is 11.3. The van der Waals surface area contributed by atoms with E-state index in [1.807, 2.05) is 17.5 Å². The van der Waals surface area contributed by atoms with Crippen molar-refractivity contribution in [1.29, 1.82) is 0 Å². The predicted molar refractivity (Wildman–Crippen MR) is 125 cm³/mol. The van der Waals surface area contributed by atoms with Crippen LogP contribution in [0.2, 0.25) is 0 Å². The number of nitrogens with one attached hydrogen (secondary N) is 1. The van der Waals surface area contributed by atoms with E-state index in [1.165, 1.54) is 24.9 Å². The fourth-order valence-corrected chi connectivity index (χ4v) is 4.65. The number of thiophene rings is 1. The van der Waals surface area contributed by atoms with Crippen LogP contribution in [0.3, 0.4) is 0 Å². The topological polar surface area (TPSA) is 99.5 Å². The van der Waals surface area contributed by atoms with E-state index >= 15 is 0 Å². The molecule has 2 aromatic heterocycles. The molecule has 0 aliphatic carbocycles. The summed E-state index contributed by atoms with van der Waals surface area (Å²) >= 11 is 2.78. The number of amides is 1. The number of ether oxygens (including phenoxy) is 2. The summed E-state index contributed by atoms with van der Waals surface area (Å²) in [6.45, 7) is 3.12. The zero-order valence-electron chi connectivity index (χ0n) is 18.1. The summed E-state index contributed by atoms with van der Waals surface area (Å²) in [5.41, 5.74) is 0.465. The highest BCUT2D eigenvalue weighted by Crippen LogP contribution is 2.24. The van der Waals surface area contributed by atoms with Gasteiger partial charge in [0.2, 0.25) is 5.91 Å². The first-order valence-corrected chi connectivity index (χ1v) is 11.8. The van der Waals surface area contributed by atoms with Crippen molar-refractivity contribution < 1.29 is 19.1 Å². The molecule has 1 aromatic carbocycles. The minimum Gasteiger partial charge on any atom is -0.465 e. The van der Waals surface area contributed by atoms with E-state index in [9.17, 15) is 14.4 Å². The molecule has 1 N–H and O–H groups in total. The molecule has 1 atom stereocenters. The number of rotatable bonds is 10. The molecule has 0 aliphatic rings. The van der Waals surface area contributed by atoms with Gasteiger partial charge in [-0.15, -0.1) is 11.3 Å². The Morgan fingerprint density at radius 3 is 2.78 bits per heavy atom. The van der Waals surface area contributed by atoms with Gasteiger partial charge in [0.05, 0.1) is 35.4 Å². The zero-order valence-corrected chi connectivity index (χ0v) is 19.8. The molecule has 0 bridgehead atoms. The fraction of sp³-hybridized carbons (Fsp3) is 0.364. The lowest BCUT2D eigenvalue weighted by Gasteiger charge is -2.16. The number of methoxy groups -OCH3 is 2. The number of benzene rings is 1. The van der Waals surface area contributed by atoms with Crippen molar-refractivity contribution >= 4 is 45.9 Å². The van der Waals surface area contributed by atoms with Crippen molar-refractivity contribution in [2.45, 2.75) is 36.8 Å². The molecular formula is C22H25N3O5S2. The van der Waals surface area contributed by atoms with Crippen molar-refractivity contribution in [3.63, 3.8) is 0 Å². The zero-order chi connectivity index (χ0) is 23.1. The Morgan fingerprint density at radius 2 is 2.09 bits per heavy atom. The number of hydrogen-bond donors (Lipinski definition) is 1. The first-order valence-electron chi connectivity index (χ1n) is 10.0. The average molecular weight is 476 g/mol. The van der Waals surface area contributed by atoms with Crippen LogP contribution < -0.4 is 10.9 Å². The smallest absolute Gasteiger partial charge is 0.337 e. The van der Waals surface area contributed by atoms with E-state index in [4.69, 9.17) is 9.47 Å². The van der Waals surface area contributed by atoms with Crippen LogP contribution in [0.1, 0.15) is 28.6 Å². The normalized spacial score (nSPS) is 12.0. The summed E-state index contributed by atoms with van der Waals surface area (Å²) in [6, 6.07) is 8.55. The number of fused-ring (bicyclic) bond motifs is 1. The Morgan fingerprint density at radius 1 is 1.28 bits per heavy atom. The van der Waals surface area contributed by atoms with Gasteiger partial charge >= 0.3 is 5.97 Å². The van der Waals surface area contributed by atoms with Crippen molar-refractivity contribution in [1.82, 2.24) is 14.9 Å². The third-order valence-electron chi connectivity index (χ3n) is 4.74. The van der Waals surface area contributed by atoms with Gasteiger partial charge < -0.3 is 14.8 Å². The van der Waals surface area contributed by atoms with Crippen LogP contribution in [0, 0.1) is 0 Å². The summed E-state index contributed by atoms with van der Waals surface area (Å²) in [5.74, 6) is -0.655. The molecule has 0 fully saturated rings. The van der Waals surface area contributed by atoms with E-state index < -0.39 is 11.2 Å². The van der Waals surface area contributed by atoms with Crippen molar-refractivity contribution in [3.05, 3.63) is 56.5 Å². The van der Waals surface area contributed by atoms with Gasteiger partial charge in [0, 0.05) is 25.1 Å². The van der Waals surface area contributed by atoms with Gasteiger partial charge in [0.15, 0.2) is 5.16 Å². The molecule has 1 unspecified atom stereocenters. The molecule has 0 radical (unpaired) electrons. The van der Waals surface area contributed by atoms with E-state index in [0.29, 0.717) is 47.7 Å². The van der Waals surface area contributed by atoms with Gasteiger partial charge in [-0.1, -0.05) is 17.8 Å². The molecule has 2 heterocycles. The van der Waals surface area contributed by atoms with Crippen LogP contribution >= 0.6 is 23.1 Å². The van der Waals surface area contributed by atoms with E-state index in [2.05, 4.69) is 10.3 Å². The van der Waals surface area contributed by atoms with Crippen molar-refractivity contribution in [2.24, 2.45) is 0 Å². The lowest BCUT2D eigenvalue weighted by atomic mass is 10.1. The Kier molecular flexibility index (Phi) is 8.43. The fourth-order valence-electron chi connectivity index (χ4n) is 3.04. The SMILES string of the molecule is COCCCn1c(SC(C)C(=O)NCc2cccs2)nc2cc(C(=O)OC)ccc2c1=O. The molecule has 0 saturated heterocycles. The van der Waals surface area contributed by atoms with Gasteiger partial charge in [-0.25, -0.2) is 9.78 Å². The Hall–Kier alpha value is -2.69. The van der Waals surface area contributed by atoms with Gasteiger partial charge in [-0.05, 0) is 43.0 Å². The summed E-state index contributed by atoms with van der Waals surface area (Å²) in [6.07, 6.45) is 0.621. The summed E-state index contributed by atoms with van der Waals surface area (Å²) < 4.78 is 11.4. The van der Waals surface area contributed by atoms with Crippen LogP contribution in [0.15, 0.2) is 45.7 Å². The van der Waals surface area contributed by atoms with Crippen LogP contribution in [0.5, 0.6) is 0 Å². The third-order valence-corrected chi connectivity index (χ3v) is 6.71. The monoisotopic (exact) mass is 475 g/mol. The number of aromatic nitrogens is 2. The molecule has 10 heteroatoms. The quantitative estimate of drug-likeness (QED) is 0.208. The largest absolute Gasteiger partial charge is 0.465 e. The first-order chi connectivity index (χ1) is 15.4. The maximum Gasteiger partial charge on any atom is 0.337 e. The molecule has 8 nitrogen and oxygen atoms in total. The minimum atomic E-state index is -0.506. The molecule has 1 amide bonds. The number of carbonyl (C=O) groups excluding carboxylic acids is 2. The Bertz CT molecular complexity index is 1140. The number of nitrogens with zero attached hydrogens (tertiary/aromatic N) is 2. The second-order valence-electron chi connectivity index (χ2n) is 6.98. The Labute approximate surface area is 193 Å². The number of carbonyl (C=O) groups is 2. The molecule has 3 rings (SSSR count). The second-order valence-corrected chi connectivity index (χ2v) is 9.32. The van der Waals surface area contributed by atoms with Gasteiger partial charge in [0.25, 0.3) is 5.56 Å². The van der Waals surface area contributed by atoms with E-state index in [0.717, 1.165) is 4.88 Å². The standard InChI is InChI=1S/C22H25N3O5S2/c1-14(19(26)23-13-16-6-4-11-31-16)32-22-24-18-12-15(21(28)30-3)7-8-17(18)20(27)25(22)9-5-10-29-2/h4,6-8,11-12,14H,5,9-10,13H2,1-3H3,(H,23,26). The maximum absolute atomic E-state index is 13.2. The van der Waals surface area contributed by atoms with E-state index in [-0.39, 0.29) is 11.5 Å². The Balaban J connectivity index is 1.90. The number of hydrogen-bond acceptors (Lipinski definition) is 8. The average Bonchev–Trinajstić information content (AvgIpc) is 3.32. The van der Waals surface area contributed by atoms with Gasteiger partial charge in [-0.3, -0.25) is 14.2 Å². The lowest BCUT2D eigenvalue weighted by Crippen LogP contribution is -2.31. The first kappa shape index (κ1) is 24.0. The summed E-state index contributed by atoms with van der Waals surface area (Å²) in [5, 5.41) is 5.21. The van der Waals surface area contributed by atoms with Crippen molar-refractivity contribution in [3.8, 4) is 0 Å². The highest BCUT2D eigenvalue weighted by Gasteiger charge is 2.20. The summed E-state index contributed by atoms with van der Waals surface area (Å²) in [7, 11) is 2.90. The van der Waals surface area contributed by atoms with Gasteiger partial charge in [-0.2, -0.15) is 0 Å². The molecule has 3 aromatic rings. The predicted octanol–water partition coefficient (Wildman–Crippen LogP) is 3.08. The number of thioether (sulfide) groups is 1. The maximum atomic E-state index is 13.2. The summed E-state index contributed by atoms with van der Waals surface area (Å²) in [4.78, 5) is 43.4. The highest BCUT2D eigenvalue weighted by atomic mass is 32.2. The molecule has 32 heavy (non-hydrogen) atoms. The van der Waals surface area contributed by atoms with Crippen LogP contribution in [-0.2, 0) is 27.4 Å². The molecule has 0 spiro atoms. The van der Waals surface area contributed by atoms with Crippen molar-refractivity contribution in [2.75, 3.05) is 20.8 Å².